The zero-order chi connectivity index (χ0) is 20.2. The van der Waals surface area contributed by atoms with Crippen LogP contribution >= 0.6 is 0 Å². The van der Waals surface area contributed by atoms with Crippen molar-refractivity contribution >= 4 is 0 Å². The van der Waals surface area contributed by atoms with Crippen molar-refractivity contribution in [2.24, 2.45) is 0 Å². The normalized spacial score (nSPS) is 13.8. The minimum absolute atomic E-state index is 0.339. The van der Waals surface area contributed by atoms with Crippen molar-refractivity contribution in [3.8, 4) is 17.2 Å². The van der Waals surface area contributed by atoms with Crippen LogP contribution in [0, 0.1) is 23.7 Å². The van der Waals surface area contributed by atoms with Crippen LogP contribution in [0.25, 0.3) is 11.1 Å². The van der Waals surface area contributed by atoms with Crippen LogP contribution in [-0.2, 0) is 19.4 Å². The van der Waals surface area contributed by atoms with Crippen LogP contribution in [0.15, 0.2) is 54.6 Å². The Morgan fingerprint density at radius 1 is 0.931 bits per heavy atom. The molecule has 3 nitrogen and oxygen atoms in total. The van der Waals surface area contributed by atoms with Crippen molar-refractivity contribution in [3.63, 3.8) is 0 Å². The van der Waals surface area contributed by atoms with Crippen molar-refractivity contribution in [2.45, 2.75) is 52.0 Å². The summed E-state index contributed by atoms with van der Waals surface area (Å²) >= 11 is 0. The van der Waals surface area contributed by atoms with Crippen LogP contribution in [0.5, 0.6) is 0 Å². The van der Waals surface area contributed by atoms with Gasteiger partial charge in [0.25, 0.3) is 0 Å². The minimum Gasteiger partial charge on any atom is -0.325 e. The maximum Gasteiger partial charge on any atom is 0.144 e. The molecule has 0 saturated carbocycles. The number of aryl methyl sites for hydroxylation is 1. The number of nitrogens with one attached hydrogen (secondary N) is 1. The van der Waals surface area contributed by atoms with Gasteiger partial charge in [0.05, 0.1) is 0 Å². The minimum atomic E-state index is 0.339. The van der Waals surface area contributed by atoms with E-state index >= 15 is 0 Å². The largest absolute Gasteiger partial charge is 0.325 e. The molecule has 4 rings (SSSR count). The standard InChI is InChI=1S/C26H27N3/c1-19-13-15-21(16-14-19)25-22-11-7-2-3-8-12-24(22)29(26(28)23(25)17-27)18-20-9-5-4-6-10-20/h4-6,9-10,13-16,28H,2-3,7-8,11-12,18H2,1H3. The lowest BCUT2D eigenvalue weighted by atomic mass is 9.87. The third-order valence-corrected chi connectivity index (χ3v) is 5.96. The number of benzene rings is 2. The zero-order valence-electron chi connectivity index (χ0n) is 17.0. The van der Waals surface area contributed by atoms with E-state index in [0.29, 0.717) is 17.6 Å². The number of hydrogen-bond donors (Lipinski definition) is 1. The third kappa shape index (κ3) is 3.89. The third-order valence-electron chi connectivity index (χ3n) is 5.96. The first-order valence-electron chi connectivity index (χ1n) is 10.5. The number of nitrogens with zero attached hydrogens (tertiary/aromatic N) is 2. The molecule has 0 radical (unpaired) electrons. The number of pyridine rings is 1. The molecule has 2 aromatic carbocycles. The second kappa shape index (κ2) is 8.49. The molecule has 0 fully saturated rings. The SMILES string of the molecule is Cc1ccc(-c2c3c(n(Cc4ccccc4)c(=N)c2C#N)CCCCCC3)cc1. The van der Waals surface area contributed by atoms with Gasteiger partial charge in [0.2, 0.25) is 0 Å². The molecule has 1 heterocycles. The lowest BCUT2D eigenvalue weighted by Gasteiger charge is -2.25. The van der Waals surface area contributed by atoms with Crippen molar-refractivity contribution in [3.05, 3.63) is 88.0 Å². The predicted octanol–water partition coefficient (Wildman–Crippen LogP) is 5.52. The van der Waals surface area contributed by atoms with Gasteiger partial charge in [0.1, 0.15) is 17.1 Å². The molecule has 1 aromatic heterocycles. The molecular weight excluding hydrogens is 354 g/mol. The molecule has 0 unspecified atom stereocenters. The highest BCUT2D eigenvalue weighted by Crippen LogP contribution is 2.32. The fourth-order valence-corrected chi connectivity index (χ4v) is 4.44. The Kier molecular flexibility index (Phi) is 5.62. The number of fused-ring (bicyclic) bond motifs is 1. The van der Waals surface area contributed by atoms with Crippen LogP contribution < -0.4 is 5.49 Å². The number of nitriles is 1. The summed E-state index contributed by atoms with van der Waals surface area (Å²) in [5.41, 5.74) is 7.78. The van der Waals surface area contributed by atoms with E-state index < -0.39 is 0 Å². The Morgan fingerprint density at radius 2 is 1.62 bits per heavy atom. The number of rotatable bonds is 3. The molecule has 0 saturated heterocycles. The Labute approximate surface area is 172 Å². The van der Waals surface area contributed by atoms with Crippen molar-refractivity contribution < 1.29 is 0 Å². The Balaban J connectivity index is 1.98. The maximum absolute atomic E-state index is 10.0. The van der Waals surface area contributed by atoms with Crippen molar-refractivity contribution in [1.82, 2.24) is 4.57 Å². The van der Waals surface area contributed by atoms with Gasteiger partial charge in [-0.25, -0.2) is 0 Å². The average Bonchev–Trinajstić information content (AvgIpc) is 2.72. The van der Waals surface area contributed by atoms with Crippen molar-refractivity contribution in [1.29, 1.82) is 10.7 Å². The lowest BCUT2D eigenvalue weighted by molar-refractivity contribution is 0.572. The van der Waals surface area contributed by atoms with E-state index in [1.807, 2.05) is 18.2 Å². The smallest absolute Gasteiger partial charge is 0.144 e. The second-order valence-corrected chi connectivity index (χ2v) is 7.99. The van der Waals surface area contributed by atoms with E-state index in [1.165, 1.54) is 35.2 Å². The molecule has 3 heteroatoms. The van der Waals surface area contributed by atoms with E-state index in [4.69, 9.17) is 5.41 Å². The van der Waals surface area contributed by atoms with E-state index in [1.54, 1.807) is 0 Å². The van der Waals surface area contributed by atoms with Gasteiger partial charge in [0.15, 0.2) is 0 Å². The molecule has 0 spiro atoms. The first-order valence-corrected chi connectivity index (χ1v) is 10.5. The van der Waals surface area contributed by atoms with Crippen molar-refractivity contribution in [2.75, 3.05) is 0 Å². The Hall–Kier alpha value is -3.12. The van der Waals surface area contributed by atoms with E-state index in [9.17, 15) is 5.26 Å². The van der Waals surface area contributed by atoms with Gasteiger partial charge in [-0.1, -0.05) is 73.0 Å². The van der Waals surface area contributed by atoms with Gasteiger partial charge in [-0.15, -0.1) is 0 Å². The van der Waals surface area contributed by atoms with E-state index in [0.717, 1.165) is 36.8 Å². The van der Waals surface area contributed by atoms with Crippen LogP contribution in [0.4, 0.5) is 0 Å². The van der Waals surface area contributed by atoms with Gasteiger partial charge in [-0.2, -0.15) is 5.26 Å². The molecule has 3 aromatic rings. The van der Waals surface area contributed by atoms with Gasteiger partial charge in [-0.05, 0) is 49.3 Å². The van der Waals surface area contributed by atoms with E-state index in [-0.39, 0.29) is 0 Å². The molecular formula is C26H27N3. The first-order chi connectivity index (χ1) is 14.2. The molecule has 29 heavy (non-hydrogen) atoms. The second-order valence-electron chi connectivity index (χ2n) is 7.99. The highest BCUT2D eigenvalue weighted by Gasteiger charge is 2.22. The number of hydrogen-bond acceptors (Lipinski definition) is 2. The summed E-state index contributed by atoms with van der Waals surface area (Å²) in [6.45, 7) is 2.72. The summed E-state index contributed by atoms with van der Waals surface area (Å²) in [6.07, 6.45) is 6.69. The molecule has 1 aliphatic carbocycles. The van der Waals surface area contributed by atoms with Crippen LogP contribution in [0.3, 0.4) is 0 Å². The Bertz CT molecular complexity index is 1100. The summed E-state index contributed by atoms with van der Waals surface area (Å²) in [4.78, 5) is 0. The molecule has 1 N–H and O–H groups in total. The van der Waals surface area contributed by atoms with Gasteiger partial charge >= 0.3 is 0 Å². The summed E-state index contributed by atoms with van der Waals surface area (Å²) in [6, 6.07) is 21.1. The van der Waals surface area contributed by atoms with Crippen LogP contribution in [0.1, 0.15) is 53.6 Å². The van der Waals surface area contributed by atoms with Gasteiger partial charge < -0.3 is 4.57 Å². The predicted molar refractivity (Wildman–Crippen MR) is 117 cm³/mol. The van der Waals surface area contributed by atoms with Crippen LogP contribution in [-0.4, -0.2) is 4.57 Å². The molecule has 0 bridgehead atoms. The molecule has 0 aliphatic heterocycles. The monoisotopic (exact) mass is 381 g/mol. The lowest BCUT2D eigenvalue weighted by Crippen LogP contribution is -2.30. The van der Waals surface area contributed by atoms with Gasteiger partial charge in [-0.3, -0.25) is 5.41 Å². The summed E-state index contributed by atoms with van der Waals surface area (Å²) in [7, 11) is 0. The average molecular weight is 382 g/mol. The summed E-state index contributed by atoms with van der Waals surface area (Å²) in [5, 5.41) is 19.0. The zero-order valence-corrected chi connectivity index (χ0v) is 17.0. The van der Waals surface area contributed by atoms with E-state index in [2.05, 4.69) is 54.0 Å². The first kappa shape index (κ1) is 19.2. The topological polar surface area (TPSA) is 52.6 Å². The highest BCUT2D eigenvalue weighted by atomic mass is 15.0. The van der Waals surface area contributed by atoms with Gasteiger partial charge in [0, 0.05) is 17.8 Å². The molecule has 146 valence electrons. The summed E-state index contributed by atoms with van der Waals surface area (Å²) < 4.78 is 2.09. The highest BCUT2D eigenvalue weighted by molar-refractivity contribution is 5.74. The molecule has 1 aliphatic rings. The molecule has 0 atom stereocenters. The Morgan fingerprint density at radius 3 is 2.31 bits per heavy atom. The molecule has 0 amide bonds. The fourth-order valence-electron chi connectivity index (χ4n) is 4.44. The summed E-state index contributed by atoms with van der Waals surface area (Å²) in [5.74, 6) is 0. The maximum atomic E-state index is 10.0. The quantitative estimate of drug-likeness (QED) is 0.638. The van der Waals surface area contributed by atoms with Crippen LogP contribution in [0.2, 0.25) is 0 Å². The number of aromatic nitrogens is 1. The fraction of sp³-hybridized carbons (Fsp3) is 0.308.